The van der Waals surface area contributed by atoms with E-state index in [2.05, 4.69) is 14.7 Å². The van der Waals surface area contributed by atoms with Crippen LogP contribution in [0.25, 0.3) is 11.0 Å². The number of nitrogens with one attached hydrogen (secondary N) is 1. The molecule has 0 radical (unpaired) electrons. The third-order valence-corrected chi connectivity index (χ3v) is 6.43. The van der Waals surface area contributed by atoms with Crippen LogP contribution in [0.5, 0.6) is 0 Å². The van der Waals surface area contributed by atoms with Crippen molar-refractivity contribution in [3.05, 3.63) is 52.5 Å². The Morgan fingerprint density at radius 3 is 2.33 bits per heavy atom. The van der Waals surface area contributed by atoms with Crippen molar-refractivity contribution < 1.29 is 8.42 Å². The van der Waals surface area contributed by atoms with Crippen LogP contribution in [0, 0.1) is 0 Å². The lowest BCUT2D eigenvalue weighted by atomic mass is 10.3. The van der Waals surface area contributed by atoms with Crippen LogP contribution in [-0.4, -0.2) is 31.5 Å². The Kier molecular flexibility index (Phi) is 4.84. The maximum Gasteiger partial charge on any atom is 0.264 e. The molecule has 0 bridgehead atoms. The molecule has 1 aliphatic heterocycles. The minimum atomic E-state index is -3.98. The second-order valence-corrected chi connectivity index (χ2v) is 8.75. The minimum Gasteiger partial charge on any atom is -0.354 e. The molecular formula is C18H16Cl2N4O2S. The van der Waals surface area contributed by atoms with Gasteiger partial charge < -0.3 is 4.90 Å². The Morgan fingerprint density at radius 1 is 0.963 bits per heavy atom. The Morgan fingerprint density at radius 2 is 1.63 bits per heavy atom. The van der Waals surface area contributed by atoms with Gasteiger partial charge in [-0.3, -0.25) is 4.72 Å². The van der Waals surface area contributed by atoms with E-state index in [4.69, 9.17) is 23.2 Å². The van der Waals surface area contributed by atoms with Gasteiger partial charge in [0.25, 0.3) is 10.0 Å². The molecule has 0 spiro atoms. The lowest BCUT2D eigenvalue weighted by Gasteiger charge is -2.20. The molecule has 2 aromatic carbocycles. The summed E-state index contributed by atoms with van der Waals surface area (Å²) in [4.78, 5) is 11.1. The molecule has 3 aromatic rings. The molecule has 1 fully saturated rings. The molecule has 0 unspecified atom stereocenters. The molecule has 2 heterocycles. The van der Waals surface area contributed by atoms with Crippen molar-refractivity contribution in [2.75, 3.05) is 22.7 Å². The Hall–Kier alpha value is -2.09. The minimum absolute atomic E-state index is 0.0865. The summed E-state index contributed by atoms with van der Waals surface area (Å²) in [5.41, 5.74) is 1.32. The second-order valence-electron chi connectivity index (χ2n) is 6.26. The van der Waals surface area contributed by atoms with Gasteiger partial charge in [-0.1, -0.05) is 35.3 Å². The summed E-state index contributed by atoms with van der Waals surface area (Å²) in [6.07, 6.45) is 2.06. The van der Waals surface area contributed by atoms with E-state index < -0.39 is 10.0 Å². The fraction of sp³-hybridized carbons (Fsp3) is 0.222. The predicted octanol–water partition coefficient (Wildman–Crippen LogP) is 4.34. The van der Waals surface area contributed by atoms with Crippen LogP contribution in [0.1, 0.15) is 12.8 Å². The molecule has 1 N–H and O–H groups in total. The number of anilines is 2. The zero-order valence-electron chi connectivity index (χ0n) is 14.2. The first kappa shape index (κ1) is 18.3. The van der Waals surface area contributed by atoms with Crippen molar-refractivity contribution in [2.24, 2.45) is 0 Å². The molecule has 1 saturated heterocycles. The zero-order valence-corrected chi connectivity index (χ0v) is 16.5. The molecule has 140 valence electrons. The van der Waals surface area contributed by atoms with Gasteiger partial charge in [0.15, 0.2) is 11.6 Å². The standard InChI is InChI=1S/C18H16Cl2N4O2S/c19-12-7-8-13(20)16(11-12)27(25,26)23-17-18(24-9-3-4-10-24)22-15-6-2-1-5-14(15)21-17/h1-2,5-8,11H,3-4,9-10H2,(H,21,23). The largest absolute Gasteiger partial charge is 0.354 e. The lowest BCUT2D eigenvalue weighted by molar-refractivity contribution is 0.601. The average molecular weight is 423 g/mol. The molecule has 6 nitrogen and oxygen atoms in total. The first-order chi connectivity index (χ1) is 12.9. The van der Waals surface area contributed by atoms with Crippen LogP contribution in [0.4, 0.5) is 11.6 Å². The second kappa shape index (κ2) is 7.14. The number of rotatable bonds is 4. The highest BCUT2D eigenvalue weighted by Crippen LogP contribution is 2.31. The zero-order chi connectivity index (χ0) is 19.0. The summed E-state index contributed by atoms with van der Waals surface area (Å²) in [6.45, 7) is 1.61. The molecule has 0 atom stereocenters. The Bertz CT molecular complexity index is 1120. The first-order valence-corrected chi connectivity index (χ1v) is 10.7. The van der Waals surface area contributed by atoms with E-state index in [0.29, 0.717) is 16.9 Å². The van der Waals surface area contributed by atoms with Gasteiger partial charge in [-0.15, -0.1) is 0 Å². The smallest absolute Gasteiger partial charge is 0.264 e. The predicted molar refractivity (Wildman–Crippen MR) is 108 cm³/mol. The lowest BCUT2D eigenvalue weighted by Crippen LogP contribution is -2.23. The van der Waals surface area contributed by atoms with Crippen molar-refractivity contribution in [1.82, 2.24) is 9.97 Å². The number of halogens is 2. The van der Waals surface area contributed by atoms with Crippen LogP contribution >= 0.6 is 23.2 Å². The van der Waals surface area contributed by atoms with Crippen LogP contribution < -0.4 is 9.62 Å². The SMILES string of the molecule is O=S(=O)(Nc1nc2ccccc2nc1N1CCCC1)c1cc(Cl)ccc1Cl. The fourth-order valence-corrected chi connectivity index (χ4v) is 4.84. The molecule has 1 aromatic heterocycles. The van der Waals surface area contributed by atoms with E-state index >= 15 is 0 Å². The van der Waals surface area contributed by atoms with E-state index in [1.807, 2.05) is 23.1 Å². The number of fused-ring (bicyclic) bond motifs is 1. The summed E-state index contributed by atoms with van der Waals surface area (Å²) >= 11 is 12.0. The molecule has 4 rings (SSSR count). The van der Waals surface area contributed by atoms with Gasteiger partial charge in [0.1, 0.15) is 4.90 Å². The van der Waals surface area contributed by atoms with Crippen molar-refractivity contribution in [3.63, 3.8) is 0 Å². The quantitative estimate of drug-likeness (QED) is 0.676. The summed E-state index contributed by atoms with van der Waals surface area (Å²) in [7, 11) is -3.98. The highest BCUT2D eigenvalue weighted by atomic mass is 35.5. The van der Waals surface area contributed by atoms with Gasteiger partial charge in [0.2, 0.25) is 0 Å². The number of nitrogens with zero attached hydrogens (tertiary/aromatic N) is 3. The van der Waals surface area contributed by atoms with Crippen LogP contribution in [-0.2, 0) is 10.0 Å². The van der Waals surface area contributed by atoms with E-state index in [1.54, 1.807) is 6.07 Å². The van der Waals surface area contributed by atoms with Crippen molar-refractivity contribution in [3.8, 4) is 0 Å². The number of aromatic nitrogens is 2. The molecule has 1 aliphatic rings. The highest BCUT2D eigenvalue weighted by Gasteiger charge is 2.25. The Balaban J connectivity index is 1.82. The van der Waals surface area contributed by atoms with Crippen molar-refractivity contribution in [2.45, 2.75) is 17.7 Å². The van der Waals surface area contributed by atoms with Gasteiger partial charge >= 0.3 is 0 Å². The van der Waals surface area contributed by atoms with Crippen LogP contribution in [0.2, 0.25) is 10.0 Å². The number of hydrogen-bond acceptors (Lipinski definition) is 5. The third-order valence-electron chi connectivity index (χ3n) is 4.37. The molecule has 0 saturated carbocycles. The van der Waals surface area contributed by atoms with E-state index in [0.717, 1.165) is 25.9 Å². The fourth-order valence-electron chi connectivity index (χ4n) is 3.07. The summed E-state index contributed by atoms with van der Waals surface area (Å²) in [5, 5.41) is 0.368. The maximum absolute atomic E-state index is 12.9. The maximum atomic E-state index is 12.9. The third kappa shape index (κ3) is 3.67. The highest BCUT2D eigenvalue weighted by molar-refractivity contribution is 7.92. The number of para-hydroxylation sites is 2. The summed E-state index contributed by atoms with van der Waals surface area (Å²) in [5.74, 6) is 0.708. The molecular weight excluding hydrogens is 407 g/mol. The topological polar surface area (TPSA) is 75.2 Å². The number of hydrogen-bond donors (Lipinski definition) is 1. The molecule has 0 aliphatic carbocycles. The van der Waals surface area contributed by atoms with Gasteiger partial charge in [-0.25, -0.2) is 18.4 Å². The number of benzene rings is 2. The van der Waals surface area contributed by atoms with Crippen LogP contribution in [0.15, 0.2) is 47.4 Å². The molecule has 27 heavy (non-hydrogen) atoms. The van der Waals surface area contributed by atoms with E-state index in [1.165, 1.54) is 18.2 Å². The normalized spacial score (nSPS) is 14.7. The van der Waals surface area contributed by atoms with E-state index in [9.17, 15) is 8.42 Å². The van der Waals surface area contributed by atoms with E-state index in [-0.39, 0.29) is 20.8 Å². The average Bonchev–Trinajstić information content (AvgIpc) is 3.17. The van der Waals surface area contributed by atoms with Crippen LogP contribution in [0.3, 0.4) is 0 Å². The first-order valence-electron chi connectivity index (χ1n) is 8.44. The molecule has 0 amide bonds. The summed E-state index contributed by atoms with van der Waals surface area (Å²) < 4.78 is 28.4. The van der Waals surface area contributed by atoms with Gasteiger partial charge in [-0.2, -0.15) is 0 Å². The monoisotopic (exact) mass is 422 g/mol. The van der Waals surface area contributed by atoms with Gasteiger partial charge in [0.05, 0.1) is 16.1 Å². The number of sulfonamides is 1. The van der Waals surface area contributed by atoms with Gasteiger partial charge in [-0.05, 0) is 43.2 Å². The Labute approximate surface area is 167 Å². The van der Waals surface area contributed by atoms with Crippen molar-refractivity contribution >= 4 is 55.9 Å². The molecule has 9 heteroatoms. The van der Waals surface area contributed by atoms with Gasteiger partial charge in [0, 0.05) is 18.1 Å². The summed E-state index contributed by atoms with van der Waals surface area (Å²) in [6, 6.07) is 11.7. The van der Waals surface area contributed by atoms with Crippen molar-refractivity contribution in [1.29, 1.82) is 0 Å².